The number of hydrogen-bond donors (Lipinski definition) is 3. The van der Waals surface area contributed by atoms with Gasteiger partial charge in [0.2, 0.25) is 0 Å². The minimum atomic E-state index is -0.295. The number of carbonyl (C=O) groups excluding carboxylic acids is 1. The molecule has 0 atom stereocenters. The van der Waals surface area contributed by atoms with Crippen molar-refractivity contribution >= 4 is 11.9 Å². The first-order chi connectivity index (χ1) is 6.26. The largest absolute Gasteiger partial charge is 0.409 e. The Balaban J connectivity index is 4.14. The Morgan fingerprint density at radius 3 is 2.43 bits per heavy atom. The molecule has 0 aliphatic heterocycles. The number of likely N-dealkylation sites (N-methyl/N-ethyl adjacent to an activating group) is 1. The van der Waals surface area contributed by atoms with E-state index >= 15 is 0 Å². The minimum Gasteiger partial charge on any atom is -0.409 e. The van der Waals surface area contributed by atoms with E-state index in [1.54, 1.807) is 7.05 Å². The summed E-state index contributed by atoms with van der Waals surface area (Å²) in [6, 6.07) is -0.260. The fourth-order valence-electron chi connectivity index (χ4n) is 0.763. The summed E-state index contributed by atoms with van der Waals surface area (Å²) in [6.45, 7) is 5.73. The molecule has 4 N–H and O–H groups in total. The average Bonchev–Trinajstić information content (AvgIpc) is 2.00. The van der Waals surface area contributed by atoms with E-state index in [0.29, 0.717) is 0 Å². The molecule has 0 aromatic heterocycles. The highest BCUT2D eigenvalue weighted by atomic mass is 16.4. The third-order valence-corrected chi connectivity index (χ3v) is 1.36. The maximum atomic E-state index is 11.4. The lowest BCUT2D eigenvalue weighted by Crippen LogP contribution is -2.49. The number of amides is 2. The molecule has 0 aromatic rings. The number of urea groups is 1. The van der Waals surface area contributed by atoms with Crippen LogP contribution in [0.1, 0.15) is 20.8 Å². The second-order valence-corrected chi connectivity index (χ2v) is 4.13. The van der Waals surface area contributed by atoms with E-state index in [2.05, 4.69) is 10.5 Å². The van der Waals surface area contributed by atoms with Crippen molar-refractivity contribution in [3.05, 3.63) is 0 Å². The SMILES string of the molecule is CN(CC(N)=NO)C(=O)NC(C)(C)C. The number of oxime groups is 1. The molecule has 0 saturated heterocycles. The molecule has 0 unspecified atom stereocenters. The van der Waals surface area contributed by atoms with Gasteiger partial charge in [0.15, 0.2) is 5.84 Å². The zero-order chi connectivity index (χ0) is 11.4. The highest BCUT2D eigenvalue weighted by Crippen LogP contribution is 1.99. The van der Waals surface area contributed by atoms with Crippen LogP contribution in [-0.4, -0.2) is 41.1 Å². The second kappa shape index (κ2) is 4.69. The van der Waals surface area contributed by atoms with E-state index in [1.165, 1.54) is 4.90 Å². The molecule has 0 aliphatic carbocycles. The van der Waals surface area contributed by atoms with Crippen molar-refractivity contribution in [1.82, 2.24) is 10.2 Å². The number of amidine groups is 1. The fraction of sp³-hybridized carbons (Fsp3) is 0.750. The van der Waals surface area contributed by atoms with Gasteiger partial charge in [-0.05, 0) is 20.8 Å². The Labute approximate surface area is 83.7 Å². The van der Waals surface area contributed by atoms with Gasteiger partial charge in [0.1, 0.15) is 0 Å². The Morgan fingerprint density at radius 2 is 2.07 bits per heavy atom. The Hall–Kier alpha value is -1.46. The monoisotopic (exact) mass is 202 g/mol. The van der Waals surface area contributed by atoms with Gasteiger partial charge < -0.3 is 21.2 Å². The van der Waals surface area contributed by atoms with Gasteiger partial charge in [-0.3, -0.25) is 0 Å². The molecule has 6 nitrogen and oxygen atoms in total. The molecule has 0 heterocycles. The maximum absolute atomic E-state index is 11.4. The lowest BCUT2D eigenvalue weighted by Gasteiger charge is -2.25. The van der Waals surface area contributed by atoms with Gasteiger partial charge in [-0.1, -0.05) is 5.16 Å². The third kappa shape index (κ3) is 5.23. The van der Waals surface area contributed by atoms with Crippen molar-refractivity contribution in [2.24, 2.45) is 10.9 Å². The minimum absolute atomic E-state index is 0.00319. The molecule has 0 saturated carbocycles. The zero-order valence-corrected chi connectivity index (χ0v) is 9.03. The molecular weight excluding hydrogens is 184 g/mol. The van der Waals surface area contributed by atoms with E-state index in [-0.39, 0.29) is 24.0 Å². The van der Waals surface area contributed by atoms with Gasteiger partial charge in [0.25, 0.3) is 0 Å². The van der Waals surface area contributed by atoms with Gasteiger partial charge in [0, 0.05) is 12.6 Å². The van der Waals surface area contributed by atoms with Crippen molar-refractivity contribution < 1.29 is 10.0 Å². The van der Waals surface area contributed by atoms with Crippen LogP contribution < -0.4 is 11.1 Å². The molecule has 2 amide bonds. The van der Waals surface area contributed by atoms with Gasteiger partial charge in [-0.25, -0.2) is 4.79 Å². The van der Waals surface area contributed by atoms with Crippen LogP contribution in [0.15, 0.2) is 5.16 Å². The van der Waals surface area contributed by atoms with Crippen LogP contribution in [0.3, 0.4) is 0 Å². The number of carbonyl (C=O) groups is 1. The highest BCUT2D eigenvalue weighted by molar-refractivity contribution is 5.86. The average molecular weight is 202 g/mol. The zero-order valence-electron chi connectivity index (χ0n) is 9.03. The van der Waals surface area contributed by atoms with Crippen molar-refractivity contribution in [2.45, 2.75) is 26.3 Å². The topological polar surface area (TPSA) is 90.9 Å². The van der Waals surface area contributed by atoms with Crippen molar-refractivity contribution in [2.75, 3.05) is 13.6 Å². The Kier molecular flexibility index (Phi) is 4.20. The van der Waals surface area contributed by atoms with Gasteiger partial charge in [0.05, 0.1) is 6.54 Å². The van der Waals surface area contributed by atoms with Crippen LogP contribution in [-0.2, 0) is 0 Å². The molecule has 0 aromatic carbocycles. The normalized spacial score (nSPS) is 12.4. The van der Waals surface area contributed by atoms with Crippen LogP contribution >= 0.6 is 0 Å². The smallest absolute Gasteiger partial charge is 0.317 e. The summed E-state index contributed by atoms with van der Waals surface area (Å²) in [4.78, 5) is 12.8. The molecule has 82 valence electrons. The quantitative estimate of drug-likeness (QED) is 0.258. The van der Waals surface area contributed by atoms with Gasteiger partial charge >= 0.3 is 6.03 Å². The van der Waals surface area contributed by atoms with Gasteiger partial charge in [-0.15, -0.1) is 0 Å². The molecule has 0 aliphatic rings. The molecule has 6 heteroatoms. The van der Waals surface area contributed by atoms with Crippen LogP contribution in [0.2, 0.25) is 0 Å². The number of nitrogens with two attached hydrogens (primary N) is 1. The van der Waals surface area contributed by atoms with Crippen molar-refractivity contribution in [1.29, 1.82) is 0 Å². The molecule has 0 radical (unpaired) electrons. The number of nitrogens with zero attached hydrogens (tertiary/aromatic N) is 2. The number of hydrogen-bond acceptors (Lipinski definition) is 3. The highest BCUT2D eigenvalue weighted by Gasteiger charge is 2.17. The summed E-state index contributed by atoms with van der Waals surface area (Å²) >= 11 is 0. The van der Waals surface area contributed by atoms with Gasteiger partial charge in [-0.2, -0.15) is 0 Å². The second-order valence-electron chi connectivity index (χ2n) is 4.13. The maximum Gasteiger partial charge on any atom is 0.317 e. The van der Waals surface area contributed by atoms with Crippen molar-refractivity contribution in [3.8, 4) is 0 Å². The predicted molar refractivity (Wildman–Crippen MR) is 54.3 cm³/mol. The van der Waals surface area contributed by atoms with Crippen LogP contribution in [0, 0.1) is 0 Å². The molecule has 0 rings (SSSR count). The molecule has 0 spiro atoms. The summed E-state index contributed by atoms with van der Waals surface area (Å²) in [5.74, 6) is -0.00319. The first-order valence-corrected chi connectivity index (χ1v) is 4.26. The molecule has 0 fully saturated rings. The summed E-state index contributed by atoms with van der Waals surface area (Å²) < 4.78 is 0. The number of rotatable bonds is 2. The van der Waals surface area contributed by atoms with Crippen molar-refractivity contribution in [3.63, 3.8) is 0 Å². The van der Waals surface area contributed by atoms with Crippen LogP contribution in [0.4, 0.5) is 4.79 Å². The standard InChI is InChI=1S/C8H18N4O2/c1-8(2,3)10-7(13)12(4)5-6(9)11-14/h14H,5H2,1-4H3,(H2,9,11)(H,10,13). The first kappa shape index (κ1) is 12.5. The fourth-order valence-corrected chi connectivity index (χ4v) is 0.763. The lowest BCUT2D eigenvalue weighted by atomic mass is 10.1. The van der Waals surface area contributed by atoms with Crippen LogP contribution in [0.25, 0.3) is 0 Å². The van der Waals surface area contributed by atoms with E-state index in [1.807, 2.05) is 20.8 Å². The van der Waals surface area contributed by atoms with Crippen LogP contribution in [0.5, 0.6) is 0 Å². The molecule has 14 heavy (non-hydrogen) atoms. The number of nitrogens with one attached hydrogen (secondary N) is 1. The Morgan fingerprint density at radius 1 is 1.57 bits per heavy atom. The lowest BCUT2D eigenvalue weighted by molar-refractivity contribution is 0.204. The predicted octanol–water partition coefficient (Wildman–Crippen LogP) is 0.173. The Bertz CT molecular complexity index is 232. The molecule has 0 bridgehead atoms. The molecular formula is C8H18N4O2. The summed E-state index contributed by atoms with van der Waals surface area (Å²) in [6.07, 6.45) is 0. The first-order valence-electron chi connectivity index (χ1n) is 4.26. The van der Waals surface area contributed by atoms with E-state index < -0.39 is 0 Å². The summed E-state index contributed by atoms with van der Waals surface area (Å²) in [5.41, 5.74) is 4.96. The van der Waals surface area contributed by atoms with E-state index in [9.17, 15) is 4.79 Å². The summed E-state index contributed by atoms with van der Waals surface area (Å²) in [7, 11) is 1.57. The third-order valence-electron chi connectivity index (χ3n) is 1.36. The summed E-state index contributed by atoms with van der Waals surface area (Å²) in [5, 5.41) is 13.8. The van der Waals surface area contributed by atoms with E-state index in [4.69, 9.17) is 10.9 Å². The van der Waals surface area contributed by atoms with E-state index in [0.717, 1.165) is 0 Å².